The standard InChI is InChI=1S/C12H9Cl2NO4S/c1-6-8(5-15-19-6)12(16)7-3-4-9(20(2,17)18)11(14)10(7)13/h3-5H,1-2H3. The van der Waals surface area contributed by atoms with E-state index in [1.165, 1.54) is 18.3 Å². The van der Waals surface area contributed by atoms with Crippen LogP contribution in [0.25, 0.3) is 0 Å². The van der Waals surface area contributed by atoms with Gasteiger partial charge < -0.3 is 4.52 Å². The van der Waals surface area contributed by atoms with Crippen LogP contribution in [0, 0.1) is 6.92 Å². The fourth-order valence-corrected chi connectivity index (χ4v) is 3.29. The van der Waals surface area contributed by atoms with Crippen LogP contribution in [0.4, 0.5) is 0 Å². The fraction of sp³-hybridized carbons (Fsp3) is 0.167. The number of sulfone groups is 1. The molecule has 0 spiro atoms. The molecular formula is C12H9Cl2NO4S. The van der Waals surface area contributed by atoms with Gasteiger partial charge in [-0.15, -0.1) is 0 Å². The van der Waals surface area contributed by atoms with E-state index in [4.69, 9.17) is 27.7 Å². The molecule has 20 heavy (non-hydrogen) atoms. The van der Waals surface area contributed by atoms with Gasteiger partial charge in [-0.2, -0.15) is 0 Å². The first-order chi connectivity index (χ1) is 9.23. The second-order valence-corrected chi connectivity index (χ2v) is 6.88. The van der Waals surface area contributed by atoms with Crippen molar-refractivity contribution >= 4 is 38.8 Å². The molecule has 0 N–H and O–H groups in total. The van der Waals surface area contributed by atoms with Crippen molar-refractivity contribution in [1.29, 1.82) is 0 Å². The summed E-state index contributed by atoms with van der Waals surface area (Å²) in [7, 11) is -3.52. The first kappa shape index (κ1) is 15.0. The second kappa shape index (κ2) is 5.20. The number of aromatic nitrogens is 1. The summed E-state index contributed by atoms with van der Waals surface area (Å²) in [5.74, 6) is -0.0925. The zero-order chi connectivity index (χ0) is 15.1. The summed E-state index contributed by atoms with van der Waals surface area (Å²) in [4.78, 5) is 12.1. The van der Waals surface area contributed by atoms with E-state index in [1.54, 1.807) is 6.92 Å². The van der Waals surface area contributed by atoms with Crippen molar-refractivity contribution in [1.82, 2.24) is 5.16 Å². The zero-order valence-corrected chi connectivity index (χ0v) is 12.8. The van der Waals surface area contributed by atoms with Gasteiger partial charge in [0.2, 0.25) is 0 Å². The molecule has 0 unspecified atom stereocenters. The molecule has 0 radical (unpaired) electrons. The van der Waals surface area contributed by atoms with E-state index in [0.29, 0.717) is 5.76 Å². The lowest BCUT2D eigenvalue weighted by Crippen LogP contribution is -2.05. The SMILES string of the molecule is Cc1oncc1C(=O)c1ccc(S(C)(=O)=O)c(Cl)c1Cl. The Morgan fingerprint density at radius 3 is 2.35 bits per heavy atom. The number of nitrogens with zero attached hydrogens (tertiary/aromatic N) is 1. The lowest BCUT2D eigenvalue weighted by atomic mass is 10.0. The van der Waals surface area contributed by atoms with Gasteiger partial charge in [0.1, 0.15) is 5.76 Å². The third-order valence-electron chi connectivity index (χ3n) is 2.69. The third-order valence-corrected chi connectivity index (χ3v) is 4.82. The summed E-state index contributed by atoms with van der Waals surface area (Å²) in [6.45, 7) is 1.58. The first-order valence-corrected chi connectivity index (χ1v) is 8.02. The summed E-state index contributed by atoms with van der Waals surface area (Å²) in [5.41, 5.74) is 0.338. The molecule has 0 bridgehead atoms. The van der Waals surface area contributed by atoms with Crippen LogP contribution in [0.1, 0.15) is 21.7 Å². The number of rotatable bonds is 3. The quantitative estimate of drug-likeness (QED) is 0.807. The van der Waals surface area contributed by atoms with E-state index in [0.717, 1.165) is 6.26 Å². The molecule has 0 atom stereocenters. The number of halogens is 2. The molecule has 2 aromatic rings. The average Bonchev–Trinajstić information content (AvgIpc) is 2.76. The number of hydrogen-bond donors (Lipinski definition) is 0. The van der Waals surface area contributed by atoms with E-state index < -0.39 is 15.6 Å². The average molecular weight is 334 g/mol. The van der Waals surface area contributed by atoms with Gasteiger partial charge >= 0.3 is 0 Å². The van der Waals surface area contributed by atoms with Crippen LogP contribution in [0.15, 0.2) is 27.7 Å². The van der Waals surface area contributed by atoms with E-state index in [-0.39, 0.29) is 26.1 Å². The highest BCUT2D eigenvalue weighted by molar-refractivity contribution is 7.90. The molecule has 0 amide bonds. The molecule has 106 valence electrons. The zero-order valence-electron chi connectivity index (χ0n) is 10.5. The predicted molar refractivity (Wildman–Crippen MR) is 74.2 cm³/mol. The first-order valence-electron chi connectivity index (χ1n) is 5.37. The van der Waals surface area contributed by atoms with Crippen molar-refractivity contribution in [2.75, 3.05) is 6.26 Å². The van der Waals surface area contributed by atoms with Gasteiger partial charge in [0.15, 0.2) is 15.6 Å². The van der Waals surface area contributed by atoms with Gasteiger partial charge in [-0.25, -0.2) is 8.42 Å². The van der Waals surface area contributed by atoms with E-state index >= 15 is 0 Å². The topological polar surface area (TPSA) is 77.2 Å². The minimum atomic E-state index is -3.52. The minimum absolute atomic E-state index is 0.0929. The van der Waals surface area contributed by atoms with Crippen LogP contribution in [-0.4, -0.2) is 25.6 Å². The molecule has 1 aromatic heterocycles. The van der Waals surface area contributed by atoms with Crippen LogP contribution in [0.2, 0.25) is 10.0 Å². The van der Waals surface area contributed by atoms with Gasteiger partial charge in [-0.1, -0.05) is 28.4 Å². The van der Waals surface area contributed by atoms with Crippen molar-refractivity contribution in [3.8, 4) is 0 Å². The Morgan fingerprint density at radius 1 is 1.20 bits per heavy atom. The van der Waals surface area contributed by atoms with E-state index in [9.17, 15) is 13.2 Å². The van der Waals surface area contributed by atoms with Crippen molar-refractivity contribution < 1.29 is 17.7 Å². The van der Waals surface area contributed by atoms with E-state index in [2.05, 4.69) is 5.16 Å². The minimum Gasteiger partial charge on any atom is -0.361 e. The van der Waals surface area contributed by atoms with Crippen LogP contribution in [0.5, 0.6) is 0 Å². The van der Waals surface area contributed by atoms with Crippen LogP contribution in [-0.2, 0) is 9.84 Å². The van der Waals surface area contributed by atoms with Crippen molar-refractivity contribution in [2.24, 2.45) is 0 Å². The van der Waals surface area contributed by atoms with E-state index in [1.807, 2.05) is 0 Å². The molecule has 0 aliphatic carbocycles. The molecule has 0 saturated heterocycles. The Balaban J connectivity index is 2.59. The second-order valence-electron chi connectivity index (χ2n) is 4.14. The number of aryl methyl sites for hydroxylation is 1. The number of hydrogen-bond acceptors (Lipinski definition) is 5. The highest BCUT2D eigenvalue weighted by Gasteiger charge is 2.23. The maximum atomic E-state index is 12.3. The molecule has 0 fully saturated rings. The van der Waals surface area contributed by atoms with Gasteiger partial charge in [-0.3, -0.25) is 4.79 Å². The molecule has 5 nitrogen and oxygen atoms in total. The Hall–Kier alpha value is -1.37. The van der Waals surface area contributed by atoms with Crippen molar-refractivity contribution in [3.05, 3.63) is 45.3 Å². The van der Waals surface area contributed by atoms with Gasteiger partial charge in [0.05, 0.1) is 26.7 Å². The number of carbonyl (C=O) groups is 1. The monoisotopic (exact) mass is 333 g/mol. The Labute approximate surface area is 125 Å². The number of benzene rings is 1. The molecule has 0 saturated carbocycles. The van der Waals surface area contributed by atoms with Crippen LogP contribution in [0.3, 0.4) is 0 Å². The molecule has 1 aromatic carbocycles. The van der Waals surface area contributed by atoms with Gasteiger partial charge in [0.25, 0.3) is 0 Å². The maximum absolute atomic E-state index is 12.3. The van der Waals surface area contributed by atoms with Gasteiger partial charge in [0, 0.05) is 11.8 Å². The van der Waals surface area contributed by atoms with Crippen molar-refractivity contribution in [3.63, 3.8) is 0 Å². The summed E-state index contributed by atoms with van der Waals surface area (Å²) in [5, 5.41) is 3.23. The third kappa shape index (κ3) is 2.59. The normalized spacial score (nSPS) is 11.6. The van der Waals surface area contributed by atoms with Gasteiger partial charge in [-0.05, 0) is 19.1 Å². The summed E-state index contributed by atoms with van der Waals surface area (Å²) in [6.07, 6.45) is 2.28. The molecular weight excluding hydrogens is 325 g/mol. The fourth-order valence-electron chi connectivity index (χ4n) is 1.66. The number of ketones is 1. The molecule has 0 aliphatic rings. The Morgan fingerprint density at radius 2 is 1.85 bits per heavy atom. The molecule has 8 heteroatoms. The highest BCUT2D eigenvalue weighted by Crippen LogP contribution is 2.33. The molecule has 0 aliphatic heterocycles. The van der Waals surface area contributed by atoms with Crippen LogP contribution < -0.4 is 0 Å². The number of carbonyl (C=O) groups excluding carboxylic acids is 1. The lowest BCUT2D eigenvalue weighted by Gasteiger charge is -2.08. The largest absolute Gasteiger partial charge is 0.361 e. The smallest absolute Gasteiger partial charge is 0.199 e. The molecule has 2 rings (SSSR count). The summed E-state index contributed by atoms with van der Waals surface area (Å²) < 4.78 is 27.8. The summed E-state index contributed by atoms with van der Waals surface area (Å²) in [6, 6.07) is 2.57. The Bertz CT molecular complexity index is 796. The predicted octanol–water partition coefficient (Wildman–Crippen LogP) is 2.92. The Kier molecular flexibility index (Phi) is 3.90. The molecule has 1 heterocycles. The highest BCUT2D eigenvalue weighted by atomic mass is 35.5. The maximum Gasteiger partial charge on any atom is 0.199 e. The summed E-state index contributed by atoms with van der Waals surface area (Å²) >= 11 is 11.9. The lowest BCUT2D eigenvalue weighted by molar-refractivity contribution is 0.103. The van der Waals surface area contributed by atoms with Crippen molar-refractivity contribution in [2.45, 2.75) is 11.8 Å². The van der Waals surface area contributed by atoms with Crippen LogP contribution >= 0.6 is 23.2 Å².